The van der Waals surface area contributed by atoms with Crippen molar-refractivity contribution >= 4 is 58.1 Å². The number of hydrogen-bond donors (Lipinski definition) is 3. The van der Waals surface area contributed by atoms with Crippen LogP contribution in [0.3, 0.4) is 0 Å². The van der Waals surface area contributed by atoms with Crippen LogP contribution < -0.4 is 16.0 Å². The fourth-order valence-electron chi connectivity index (χ4n) is 4.42. The molecule has 0 saturated heterocycles. The predicted molar refractivity (Wildman–Crippen MR) is 159 cm³/mol. The third-order valence-electron chi connectivity index (χ3n) is 6.42. The second-order valence-corrected chi connectivity index (χ2v) is 9.85. The van der Waals surface area contributed by atoms with Crippen LogP contribution in [0.4, 0.5) is 39.3 Å². The second kappa shape index (κ2) is 11.7. The molecule has 10 nitrogen and oxygen atoms in total. The van der Waals surface area contributed by atoms with Crippen LogP contribution in [0.2, 0.25) is 5.02 Å². The van der Waals surface area contributed by atoms with Gasteiger partial charge in [-0.1, -0.05) is 23.7 Å². The SMILES string of the molecule is CC(=O)N1N=C(c2ccc(Nc3nc(Nc4ccc(F)cc4)nc(Nc4ccc(Cl)cc4)n3)cc2)CC1c1ccco1. The van der Waals surface area contributed by atoms with E-state index in [-0.39, 0.29) is 35.6 Å². The van der Waals surface area contributed by atoms with E-state index in [1.54, 1.807) is 48.7 Å². The van der Waals surface area contributed by atoms with E-state index >= 15 is 0 Å². The van der Waals surface area contributed by atoms with E-state index in [0.717, 1.165) is 22.6 Å². The highest BCUT2D eigenvalue weighted by Crippen LogP contribution is 2.33. The van der Waals surface area contributed by atoms with Crippen LogP contribution in [0.15, 0.2) is 101 Å². The molecule has 12 heteroatoms. The number of nitrogens with zero attached hydrogens (tertiary/aromatic N) is 5. The number of hydrogen-bond acceptors (Lipinski definition) is 9. The molecule has 0 saturated carbocycles. The Balaban J connectivity index is 1.23. The summed E-state index contributed by atoms with van der Waals surface area (Å²) < 4.78 is 18.9. The van der Waals surface area contributed by atoms with Crippen LogP contribution in [-0.4, -0.2) is 31.6 Å². The molecule has 0 fully saturated rings. The number of benzene rings is 3. The first kappa shape index (κ1) is 26.9. The van der Waals surface area contributed by atoms with Gasteiger partial charge < -0.3 is 20.4 Å². The fourth-order valence-corrected chi connectivity index (χ4v) is 4.55. The van der Waals surface area contributed by atoms with Gasteiger partial charge in [0.25, 0.3) is 0 Å². The molecule has 1 aliphatic heterocycles. The lowest BCUT2D eigenvalue weighted by atomic mass is 10.0. The van der Waals surface area contributed by atoms with Crippen LogP contribution in [0, 0.1) is 5.82 Å². The van der Waals surface area contributed by atoms with Crippen molar-refractivity contribution in [1.29, 1.82) is 0 Å². The zero-order valence-electron chi connectivity index (χ0n) is 22.3. The molecule has 5 aromatic rings. The van der Waals surface area contributed by atoms with Crippen LogP contribution in [-0.2, 0) is 4.79 Å². The monoisotopic (exact) mass is 582 g/mol. The largest absolute Gasteiger partial charge is 0.467 e. The normalized spacial score (nSPS) is 14.4. The summed E-state index contributed by atoms with van der Waals surface area (Å²) in [7, 11) is 0. The number of anilines is 6. The van der Waals surface area contributed by atoms with E-state index in [9.17, 15) is 9.18 Å². The lowest BCUT2D eigenvalue weighted by molar-refractivity contribution is -0.130. The molecule has 1 aliphatic rings. The van der Waals surface area contributed by atoms with Crippen molar-refractivity contribution in [3.05, 3.63) is 113 Å². The number of aromatic nitrogens is 3. The summed E-state index contributed by atoms with van der Waals surface area (Å²) >= 11 is 6.02. The number of carbonyl (C=O) groups excluding carboxylic acids is 1. The molecule has 0 bridgehead atoms. The van der Waals surface area contributed by atoms with Crippen molar-refractivity contribution in [2.24, 2.45) is 5.10 Å². The summed E-state index contributed by atoms with van der Waals surface area (Å²) in [4.78, 5) is 25.7. The Bertz CT molecular complexity index is 1660. The van der Waals surface area contributed by atoms with Crippen molar-refractivity contribution in [1.82, 2.24) is 20.0 Å². The van der Waals surface area contributed by atoms with Gasteiger partial charge in [-0.05, 0) is 78.4 Å². The topological polar surface area (TPSA) is 121 Å². The van der Waals surface area contributed by atoms with Crippen LogP contribution in [0.25, 0.3) is 0 Å². The number of carbonyl (C=O) groups is 1. The maximum absolute atomic E-state index is 13.4. The second-order valence-electron chi connectivity index (χ2n) is 9.42. The Kier molecular flexibility index (Phi) is 7.48. The zero-order valence-corrected chi connectivity index (χ0v) is 23.0. The summed E-state index contributed by atoms with van der Waals surface area (Å²) in [6.45, 7) is 1.49. The van der Waals surface area contributed by atoms with E-state index in [1.807, 2.05) is 30.3 Å². The number of nitrogens with one attached hydrogen (secondary N) is 3. The highest BCUT2D eigenvalue weighted by atomic mass is 35.5. The molecule has 0 aliphatic carbocycles. The van der Waals surface area contributed by atoms with Crippen molar-refractivity contribution < 1.29 is 13.6 Å². The van der Waals surface area contributed by atoms with E-state index < -0.39 is 0 Å². The average molecular weight is 583 g/mol. The van der Waals surface area contributed by atoms with Gasteiger partial charge in [-0.2, -0.15) is 20.1 Å². The molecule has 6 rings (SSSR count). The Morgan fingerprint density at radius 3 is 1.86 bits per heavy atom. The number of hydrazone groups is 1. The lowest BCUT2D eigenvalue weighted by Gasteiger charge is -2.17. The van der Waals surface area contributed by atoms with Crippen molar-refractivity contribution in [2.45, 2.75) is 19.4 Å². The van der Waals surface area contributed by atoms with Crippen LogP contribution >= 0.6 is 11.6 Å². The van der Waals surface area contributed by atoms with Crippen molar-refractivity contribution in [2.75, 3.05) is 16.0 Å². The Labute approximate surface area is 245 Å². The maximum atomic E-state index is 13.4. The number of halogens is 2. The van der Waals surface area contributed by atoms with Crippen LogP contribution in [0.5, 0.6) is 0 Å². The lowest BCUT2D eigenvalue weighted by Crippen LogP contribution is -2.23. The highest BCUT2D eigenvalue weighted by Gasteiger charge is 2.33. The fraction of sp³-hybridized carbons (Fsp3) is 0.100. The Morgan fingerprint density at radius 1 is 0.833 bits per heavy atom. The van der Waals surface area contributed by atoms with Gasteiger partial charge in [-0.15, -0.1) is 0 Å². The zero-order chi connectivity index (χ0) is 29.1. The number of rotatable bonds is 8. The highest BCUT2D eigenvalue weighted by molar-refractivity contribution is 6.30. The third-order valence-corrected chi connectivity index (χ3v) is 6.67. The van der Waals surface area contributed by atoms with Gasteiger partial charge in [0.2, 0.25) is 23.8 Å². The summed E-state index contributed by atoms with van der Waals surface area (Å²) in [5.41, 5.74) is 3.72. The van der Waals surface area contributed by atoms with Crippen LogP contribution in [0.1, 0.15) is 30.7 Å². The van der Waals surface area contributed by atoms with Gasteiger partial charge in [0, 0.05) is 35.4 Å². The first-order valence-electron chi connectivity index (χ1n) is 13.0. The van der Waals surface area contributed by atoms with Gasteiger partial charge >= 0.3 is 0 Å². The minimum Gasteiger partial charge on any atom is -0.467 e. The third kappa shape index (κ3) is 6.21. The summed E-state index contributed by atoms with van der Waals surface area (Å²) in [6, 6.07) is 23.9. The summed E-state index contributed by atoms with van der Waals surface area (Å²) in [5, 5.41) is 16.1. The minimum absolute atomic E-state index is 0.160. The molecule has 0 radical (unpaired) electrons. The van der Waals surface area contributed by atoms with E-state index in [1.165, 1.54) is 24.1 Å². The molecule has 1 unspecified atom stereocenters. The molecule has 42 heavy (non-hydrogen) atoms. The van der Waals surface area contributed by atoms with Gasteiger partial charge in [-0.3, -0.25) is 4.79 Å². The molecule has 3 aromatic carbocycles. The molecule has 3 N–H and O–H groups in total. The van der Waals surface area contributed by atoms with Crippen molar-refractivity contribution in [3.8, 4) is 0 Å². The predicted octanol–water partition coefficient (Wildman–Crippen LogP) is 7.19. The van der Waals surface area contributed by atoms with E-state index in [2.05, 4.69) is 36.0 Å². The van der Waals surface area contributed by atoms with E-state index in [0.29, 0.717) is 22.9 Å². The summed E-state index contributed by atoms with van der Waals surface area (Å²) in [6.07, 6.45) is 2.12. The average Bonchev–Trinajstić information content (AvgIpc) is 3.67. The molecule has 0 spiro atoms. The smallest absolute Gasteiger partial charge is 0.240 e. The molecular formula is C30H24ClFN8O2. The molecule has 1 atom stereocenters. The van der Waals surface area contributed by atoms with Gasteiger partial charge in [0.15, 0.2) is 0 Å². The molecule has 1 amide bonds. The molecular weight excluding hydrogens is 559 g/mol. The molecule has 210 valence electrons. The summed E-state index contributed by atoms with van der Waals surface area (Å²) in [5.74, 6) is 0.988. The standard InChI is InChI=1S/C30H24ClFN8O2/c1-18(41)40-26(27-3-2-16-42-27)17-25(39-40)19-4-10-22(11-5-19)33-28-36-29(34-23-12-6-20(31)7-13-23)38-30(37-28)35-24-14-8-21(32)9-15-24/h2-16,26H,17H2,1H3,(H3,33,34,35,36,37,38). The minimum atomic E-state index is -0.346. The first-order valence-corrected chi connectivity index (χ1v) is 13.4. The number of amides is 1. The quantitative estimate of drug-likeness (QED) is 0.176. The van der Waals surface area contributed by atoms with Gasteiger partial charge in [0.1, 0.15) is 17.6 Å². The Hall–Kier alpha value is -5.29. The van der Waals surface area contributed by atoms with Gasteiger partial charge in [0.05, 0.1) is 12.0 Å². The van der Waals surface area contributed by atoms with Crippen molar-refractivity contribution in [3.63, 3.8) is 0 Å². The Morgan fingerprint density at radius 2 is 1.36 bits per heavy atom. The number of furan rings is 1. The first-order chi connectivity index (χ1) is 20.4. The molecule has 2 aromatic heterocycles. The maximum Gasteiger partial charge on any atom is 0.240 e. The van der Waals surface area contributed by atoms with Gasteiger partial charge in [-0.25, -0.2) is 9.40 Å². The van der Waals surface area contributed by atoms with E-state index in [4.69, 9.17) is 16.0 Å². The molecule has 3 heterocycles.